The van der Waals surface area contributed by atoms with Gasteiger partial charge >= 0.3 is 5.97 Å². The lowest BCUT2D eigenvalue weighted by atomic mass is 9.73. The Morgan fingerprint density at radius 2 is 2.40 bits per heavy atom. The number of carboxylic acids is 1. The highest BCUT2D eigenvalue weighted by Gasteiger charge is 2.34. The van der Waals surface area contributed by atoms with E-state index in [0.717, 1.165) is 36.9 Å². The van der Waals surface area contributed by atoms with Crippen LogP contribution in [0.15, 0.2) is 4.52 Å². The number of rotatable bonds is 2. The van der Waals surface area contributed by atoms with E-state index in [2.05, 4.69) is 19.0 Å². The minimum Gasteiger partial charge on any atom is -0.475 e. The number of aromatic carboxylic acids is 1. The first-order valence-electron chi connectivity index (χ1n) is 5.26. The van der Waals surface area contributed by atoms with Gasteiger partial charge in [-0.1, -0.05) is 25.4 Å². The first-order chi connectivity index (χ1) is 7.06. The molecule has 0 amide bonds. The van der Waals surface area contributed by atoms with Crippen molar-refractivity contribution >= 4 is 5.97 Å². The standard InChI is InChI=1S/C11H15NO3/c1-3-11(2)5-4-8-7(6-11)9(10(13)14)15-12-8/h3-6H2,1-2H3,(H,13,14). The van der Waals surface area contributed by atoms with Crippen LogP contribution in [0.5, 0.6) is 0 Å². The van der Waals surface area contributed by atoms with Gasteiger partial charge in [0.1, 0.15) is 0 Å². The molecule has 1 N–H and O–H groups in total. The zero-order valence-corrected chi connectivity index (χ0v) is 9.04. The summed E-state index contributed by atoms with van der Waals surface area (Å²) in [6.45, 7) is 4.33. The van der Waals surface area contributed by atoms with Crippen molar-refractivity contribution in [1.29, 1.82) is 0 Å². The maximum atomic E-state index is 10.9. The third-order valence-corrected chi connectivity index (χ3v) is 3.49. The van der Waals surface area contributed by atoms with Crippen LogP contribution in [0.2, 0.25) is 0 Å². The minimum absolute atomic E-state index is 0.0318. The number of aromatic nitrogens is 1. The number of hydrogen-bond donors (Lipinski definition) is 1. The quantitative estimate of drug-likeness (QED) is 0.811. The summed E-state index contributed by atoms with van der Waals surface area (Å²) in [6.07, 6.45) is 3.71. The molecule has 4 heteroatoms. The highest BCUT2D eigenvalue weighted by atomic mass is 16.5. The Bertz CT molecular complexity index is 397. The van der Waals surface area contributed by atoms with Crippen LogP contribution < -0.4 is 0 Å². The van der Waals surface area contributed by atoms with Crippen LogP contribution in [-0.4, -0.2) is 16.2 Å². The Kier molecular flexibility index (Phi) is 2.29. The van der Waals surface area contributed by atoms with E-state index in [9.17, 15) is 4.79 Å². The van der Waals surface area contributed by atoms with E-state index in [0.29, 0.717) is 0 Å². The highest BCUT2D eigenvalue weighted by molar-refractivity contribution is 5.86. The highest BCUT2D eigenvalue weighted by Crippen LogP contribution is 2.38. The molecule has 1 aliphatic rings. The van der Waals surface area contributed by atoms with Gasteiger partial charge < -0.3 is 9.63 Å². The molecule has 4 nitrogen and oxygen atoms in total. The third kappa shape index (κ3) is 1.64. The average molecular weight is 209 g/mol. The summed E-state index contributed by atoms with van der Waals surface area (Å²) in [7, 11) is 0. The van der Waals surface area contributed by atoms with Crippen LogP contribution in [0.25, 0.3) is 0 Å². The topological polar surface area (TPSA) is 63.3 Å². The Morgan fingerprint density at radius 1 is 1.67 bits per heavy atom. The van der Waals surface area contributed by atoms with E-state index in [1.807, 2.05) is 0 Å². The largest absolute Gasteiger partial charge is 0.475 e. The van der Waals surface area contributed by atoms with Crippen molar-refractivity contribution in [3.05, 3.63) is 17.0 Å². The van der Waals surface area contributed by atoms with E-state index in [4.69, 9.17) is 9.63 Å². The van der Waals surface area contributed by atoms with Gasteiger partial charge in [0.05, 0.1) is 5.69 Å². The van der Waals surface area contributed by atoms with Gasteiger partial charge in [0, 0.05) is 5.56 Å². The van der Waals surface area contributed by atoms with Crippen molar-refractivity contribution < 1.29 is 14.4 Å². The lowest BCUT2D eigenvalue weighted by Crippen LogP contribution is -2.25. The maximum absolute atomic E-state index is 10.9. The number of aryl methyl sites for hydroxylation is 1. The van der Waals surface area contributed by atoms with Crippen molar-refractivity contribution in [1.82, 2.24) is 5.16 Å². The molecule has 1 unspecified atom stereocenters. The van der Waals surface area contributed by atoms with Crippen LogP contribution >= 0.6 is 0 Å². The Hall–Kier alpha value is -1.32. The minimum atomic E-state index is -1.01. The van der Waals surface area contributed by atoms with Crippen LogP contribution in [0.4, 0.5) is 0 Å². The molecule has 1 aliphatic carbocycles. The fraction of sp³-hybridized carbons (Fsp3) is 0.636. The van der Waals surface area contributed by atoms with Crippen molar-refractivity contribution in [2.75, 3.05) is 0 Å². The second-order valence-electron chi connectivity index (χ2n) is 4.58. The zero-order chi connectivity index (χ0) is 11.1. The molecule has 1 atom stereocenters. The molecule has 0 bridgehead atoms. The summed E-state index contributed by atoms with van der Waals surface area (Å²) in [5.41, 5.74) is 1.83. The maximum Gasteiger partial charge on any atom is 0.375 e. The summed E-state index contributed by atoms with van der Waals surface area (Å²) in [5.74, 6) is -0.978. The van der Waals surface area contributed by atoms with Crippen LogP contribution in [0, 0.1) is 5.41 Å². The molecule has 1 aromatic rings. The molecule has 0 spiro atoms. The van der Waals surface area contributed by atoms with Gasteiger partial charge in [-0.15, -0.1) is 0 Å². The van der Waals surface area contributed by atoms with E-state index in [-0.39, 0.29) is 11.2 Å². The van der Waals surface area contributed by atoms with Crippen molar-refractivity contribution in [3.8, 4) is 0 Å². The monoisotopic (exact) mass is 209 g/mol. The molecule has 0 fully saturated rings. The first kappa shape index (κ1) is 10.2. The van der Waals surface area contributed by atoms with Crippen LogP contribution in [0.1, 0.15) is 48.5 Å². The van der Waals surface area contributed by atoms with Gasteiger partial charge in [-0.25, -0.2) is 4.79 Å². The second-order valence-corrected chi connectivity index (χ2v) is 4.58. The fourth-order valence-corrected chi connectivity index (χ4v) is 2.13. The number of carbonyl (C=O) groups is 1. The van der Waals surface area contributed by atoms with Crippen molar-refractivity contribution in [2.24, 2.45) is 5.41 Å². The van der Waals surface area contributed by atoms with Crippen molar-refractivity contribution in [3.63, 3.8) is 0 Å². The molecule has 0 aromatic carbocycles. The number of carboxylic acid groups (broad SMARTS) is 1. The van der Waals surface area contributed by atoms with Gasteiger partial charge in [-0.05, 0) is 24.7 Å². The molecule has 15 heavy (non-hydrogen) atoms. The summed E-state index contributed by atoms with van der Waals surface area (Å²) < 4.78 is 4.87. The number of nitrogens with zero attached hydrogens (tertiary/aromatic N) is 1. The van der Waals surface area contributed by atoms with E-state index in [1.54, 1.807) is 0 Å². The molecule has 0 radical (unpaired) electrons. The van der Waals surface area contributed by atoms with Gasteiger partial charge in [0.15, 0.2) is 0 Å². The number of fused-ring (bicyclic) bond motifs is 1. The van der Waals surface area contributed by atoms with Gasteiger partial charge in [0.25, 0.3) is 0 Å². The van der Waals surface area contributed by atoms with E-state index < -0.39 is 5.97 Å². The summed E-state index contributed by atoms with van der Waals surface area (Å²) in [6, 6.07) is 0. The summed E-state index contributed by atoms with van der Waals surface area (Å²) in [4.78, 5) is 10.9. The molecule has 0 saturated carbocycles. The van der Waals surface area contributed by atoms with Gasteiger partial charge in [0.2, 0.25) is 5.76 Å². The molecule has 0 aliphatic heterocycles. The van der Waals surface area contributed by atoms with Crippen LogP contribution in [-0.2, 0) is 12.8 Å². The number of hydrogen-bond acceptors (Lipinski definition) is 3. The molecular weight excluding hydrogens is 194 g/mol. The molecule has 0 saturated heterocycles. The van der Waals surface area contributed by atoms with Crippen LogP contribution in [0.3, 0.4) is 0 Å². The van der Waals surface area contributed by atoms with Crippen molar-refractivity contribution in [2.45, 2.75) is 39.5 Å². The molecule has 1 heterocycles. The Morgan fingerprint density at radius 3 is 3.00 bits per heavy atom. The predicted molar refractivity (Wildman–Crippen MR) is 53.9 cm³/mol. The fourth-order valence-electron chi connectivity index (χ4n) is 2.13. The smallest absolute Gasteiger partial charge is 0.375 e. The third-order valence-electron chi connectivity index (χ3n) is 3.49. The summed E-state index contributed by atoms with van der Waals surface area (Å²) in [5, 5.41) is 12.8. The molecule has 2 rings (SSSR count). The Balaban J connectivity index is 2.38. The first-order valence-corrected chi connectivity index (χ1v) is 5.26. The lowest BCUT2D eigenvalue weighted by Gasteiger charge is -2.31. The lowest BCUT2D eigenvalue weighted by molar-refractivity contribution is 0.0649. The van der Waals surface area contributed by atoms with E-state index >= 15 is 0 Å². The predicted octanol–water partition coefficient (Wildman–Crippen LogP) is 2.28. The molecular formula is C11H15NO3. The van der Waals surface area contributed by atoms with Gasteiger partial charge in [-0.3, -0.25) is 0 Å². The summed E-state index contributed by atoms with van der Waals surface area (Å²) >= 11 is 0. The molecule has 82 valence electrons. The Labute approximate surface area is 88.3 Å². The second kappa shape index (κ2) is 3.36. The average Bonchev–Trinajstić information content (AvgIpc) is 2.60. The SMILES string of the molecule is CCC1(C)CCc2noc(C(=O)O)c2C1. The van der Waals surface area contributed by atoms with Gasteiger partial charge in [-0.2, -0.15) is 0 Å². The zero-order valence-electron chi connectivity index (χ0n) is 9.04. The molecule has 1 aromatic heterocycles. The van der Waals surface area contributed by atoms with E-state index in [1.165, 1.54) is 0 Å². The normalized spacial score (nSPS) is 24.9.